The number of hydrogen-bond donors (Lipinski definition) is 1. The summed E-state index contributed by atoms with van der Waals surface area (Å²) < 4.78 is 12.2. The Kier molecular flexibility index (Phi) is 5.76. The van der Waals surface area contributed by atoms with Gasteiger partial charge in [0.15, 0.2) is 0 Å². The monoisotopic (exact) mass is 382 g/mol. The summed E-state index contributed by atoms with van der Waals surface area (Å²) in [7, 11) is 1.63. The predicted octanol–water partition coefficient (Wildman–Crippen LogP) is 4.24. The molecule has 3 aromatic rings. The lowest BCUT2D eigenvalue weighted by atomic mass is 10.0. The Morgan fingerprint density at radius 2 is 1.96 bits per heavy atom. The van der Waals surface area contributed by atoms with E-state index in [2.05, 4.69) is 0 Å². The molecule has 140 valence electrons. The van der Waals surface area contributed by atoms with E-state index in [1.54, 1.807) is 36.1 Å². The number of nitrogens with zero attached hydrogens (tertiary/aromatic N) is 1. The molecule has 2 aromatic heterocycles. The van der Waals surface area contributed by atoms with E-state index in [1.807, 2.05) is 48.7 Å². The van der Waals surface area contributed by atoms with Crippen LogP contribution in [0, 0.1) is 12.3 Å². The standard InChI is InChI=1S/C21H22N2O3S/c1-4-26-21(24)17-13-23(12-15-7-9-16(25-3)10-8-15)20(22)14(2)19(17)18-6-5-11-27-18/h5-11,13,22H,4,12H2,1-3H3. The van der Waals surface area contributed by atoms with Crippen LogP contribution in [-0.4, -0.2) is 24.3 Å². The predicted molar refractivity (Wildman–Crippen MR) is 106 cm³/mol. The first kappa shape index (κ1) is 18.9. The highest BCUT2D eigenvalue weighted by Gasteiger charge is 2.20. The summed E-state index contributed by atoms with van der Waals surface area (Å²) in [6, 6.07) is 11.6. The van der Waals surface area contributed by atoms with Gasteiger partial charge in [0, 0.05) is 28.7 Å². The van der Waals surface area contributed by atoms with Crippen molar-refractivity contribution in [1.29, 1.82) is 5.41 Å². The molecule has 0 atom stereocenters. The third-order valence-electron chi connectivity index (χ3n) is 4.35. The molecule has 0 amide bonds. The molecule has 0 saturated carbocycles. The first-order valence-corrected chi connectivity index (χ1v) is 9.55. The van der Waals surface area contributed by atoms with Gasteiger partial charge >= 0.3 is 5.97 Å². The molecule has 0 saturated heterocycles. The highest BCUT2D eigenvalue weighted by Crippen LogP contribution is 2.30. The highest BCUT2D eigenvalue weighted by atomic mass is 32.1. The summed E-state index contributed by atoms with van der Waals surface area (Å²) in [5, 5.41) is 10.6. The quantitative estimate of drug-likeness (QED) is 0.649. The zero-order chi connectivity index (χ0) is 19.4. The average molecular weight is 382 g/mol. The Hall–Kier alpha value is -2.86. The average Bonchev–Trinajstić information content (AvgIpc) is 3.20. The van der Waals surface area contributed by atoms with Crippen molar-refractivity contribution in [3.05, 3.63) is 70.2 Å². The first-order valence-electron chi connectivity index (χ1n) is 8.67. The van der Waals surface area contributed by atoms with Crippen LogP contribution in [0.25, 0.3) is 10.4 Å². The number of ether oxygens (including phenoxy) is 2. The third-order valence-corrected chi connectivity index (χ3v) is 5.23. The van der Waals surface area contributed by atoms with Crippen molar-refractivity contribution in [2.75, 3.05) is 13.7 Å². The van der Waals surface area contributed by atoms with Crippen molar-refractivity contribution >= 4 is 17.3 Å². The zero-order valence-corrected chi connectivity index (χ0v) is 16.4. The number of methoxy groups -OCH3 is 1. The van der Waals surface area contributed by atoms with E-state index >= 15 is 0 Å². The van der Waals surface area contributed by atoms with Crippen LogP contribution in [0.4, 0.5) is 0 Å². The van der Waals surface area contributed by atoms with Crippen molar-refractivity contribution in [3.8, 4) is 16.2 Å². The van der Waals surface area contributed by atoms with Crippen LogP contribution in [0.5, 0.6) is 5.75 Å². The van der Waals surface area contributed by atoms with Gasteiger partial charge in [0.1, 0.15) is 11.2 Å². The maximum absolute atomic E-state index is 12.6. The first-order chi connectivity index (χ1) is 13.0. The number of esters is 1. The van der Waals surface area contributed by atoms with Crippen molar-refractivity contribution in [2.24, 2.45) is 0 Å². The summed E-state index contributed by atoms with van der Waals surface area (Å²) in [6.45, 7) is 4.47. The summed E-state index contributed by atoms with van der Waals surface area (Å²) in [5.74, 6) is 0.416. The Labute approximate surface area is 162 Å². The second-order valence-corrected chi connectivity index (χ2v) is 7.01. The highest BCUT2D eigenvalue weighted by molar-refractivity contribution is 7.13. The van der Waals surface area contributed by atoms with Gasteiger partial charge in [0.25, 0.3) is 0 Å². The van der Waals surface area contributed by atoms with Crippen LogP contribution in [0.15, 0.2) is 48.0 Å². The van der Waals surface area contributed by atoms with E-state index in [0.717, 1.165) is 27.3 Å². The van der Waals surface area contributed by atoms with Crippen molar-refractivity contribution < 1.29 is 14.3 Å². The van der Waals surface area contributed by atoms with Gasteiger partial charge in [-0.2, -0.15) is 0 Å². The largest absolute Gasteiger partial charge is 0.497 e. The fourth-order valence-corrected chi connectivity index (χ4v) is 3.82. The zero-order valence-electron chi connectivity index (χ0n) is 15.6. The number of carbonyl (C=O) groups is 1. The van der Waals surface area contributed by atoms with Crippen molar-refractivity contribution in [2.45, 2.75) is 20.4 Å². The van der Waals surface area contributed by atoms with Crippen molar-refractivity contribution in [1.82, 2.24) is 4.57 Å². The Bertz CT molecular complexity index is 990. The minimum atomic E-state index is -0.368. The minimum Gasteiger partial charge on any atom is -0.497 e. The van der Waals surface area contributed by atoms with E-state index in [9.17, 15) is 4.79 Å². The molecule has 0 spiro atoms. The van der Waals surface area contributed by atoms with Crippen LogP contribution in [-0.2, 0) is 11.3 Å². The van der Waals surface area contributed by atoms with Crippen LogP contribution >= 0.6 is 11.3 Å². The maximum Gasteiger partial charge on any atom is 0.340 e. The van der Waals surface area contributed by atoms with Crippen LogP contribution < -0.4 is 10.2 Å². The molecule has 0 bridgehead atoms. The topological polar surface area (TPSA) is 64.3 Å². The molecule has 1 aromatic carbocycles. The molecular formula is C21H22N2O3S. The van der Waals surface area contributed by atoms with E-state index < -0.39 is 0 Å². The van der Waals surface area contributed by atoms with Crippen LogP contribution in [0.1, 0.15) is 28.4 Å². The molecule has 0 unspecified atom stereocenters. The lowest BCUT2D eigenvalue weighted by Crippen LogP contribution is -2.26. The number of rotatable bonds is 6. The lowest BCUT2D eigenvalue weighted by molar-refractivity contribution is 0.0526. The summed E-state index contributed by atoms with van der Waals surface area (Å²) in [4.78, 5) is 13.6. The molecule has 0 radical (unpaired) electrons. The summed E-state index contributed by atoms with van der Waals surface area (Å²) in [5.41, 5.74) is 3.42. The van der Waals surface area contributed by atoms with Gasteiger partial charge in [-0.15, -0.1) is 11.3 Å². The molecule has 0 aliphatic carbocycles. The van der Waals surface area contributed by atoms with Gasteiger partial charge in [-0.1, -0.05) is 18.2 Å². The lowest BCUT2D eigenvalue weighted by Gasteiger charge is -2.16. The second kappa shape index (κ2) is 8.22. The minimum absolute atomic E-state index is 0.308. The number of thiophene rings is 1. The van der Waals surface area contributed by atoms with E-state index in [1.165, 1.54) is 0 Å². The molecule has 0 fully saturated rings. The van der Waals surface area contributed by atoms with Crippen molar-refractivity contribution in [3.63, 3.8) is 0 Å². The Morgan fingerprint density at radius 3 is 2.56 bits per heavy atom. The fourth-order valence-electron chi connectivity index (χ4n) is 2.98. The van der Waals surface area contributed by atoms with E-state index in [-0.39, 0.29) is 5.97 Å². The van der Waals surface area contributed by atoms with Crippen LogP contribution in [0.2, 0.25) is 0 Å². The molecule has 5 nitrogen and oxygen atoms in total. The molecule has 6 heteroatoms. The number of nitrogens with one attached hydrogen (secondary N) is 1. The molecular weight excluding hydrogens is 360 g/mol. The Morgan fingerprint density at radius 1 is 1.22 bits per heavy atom. The van der Waals surface area contributed by atoms with E-state index in [4.69, 9.17) is 14.9 Å². The normalized spacial score (nSPS) is 10.6. The summed E-state index contributed by atoms with van der Waals surface area (Å²) >= 11 is 1.55. The van der Waals surface area contributed by atoms with E-state index in [0.29, 0.717) is 24.2 Å². The number of aromatic nitrogens is 1. The number of carbonyl (C=O) groups excluding carboxylic acids is 1. The molecule has 2 heterocycles. The number of pyridine rings is 1. The van der Waals surface area contributed by atoms with Gasteiger partial charge in [-0.05, 0) is 43.0 Å². The fraction of sp³-hybridized carbons (Fsp3) is 0.238. The number of hydrogen-bond acceptors (Lipinski definition) is 5. The molecule has 3 rings (SSSR count). The van der Waals surface area contributed by atoms with Gasteiger partial charge in [-0.3, -0.25) is 5.41 Å². The SMILES string of the molecule is CCOC(=O)c1cn(Cc2ccc(OC)cc2)c(=N)c(C)c1-c1cccs1. The number of benzene rings is 1. The second-order valence-electron chi connectivity index (χ2n) is 6.07. The van der Waals surface area contributed by atoms with Gasteiger partial charge in [0.05, 0.1) is 19.3 Å². The smallest absolute Gasteiger partial charge is 0.340 e. The molecule has 1 N–H and O–H groups in total. The van der Waals surface area contributed by atoms with Gasteiger partial charge in [0.2, 0.25) is 0 Å². The van der Waals surface area contributed by atoms with Gasteiger partial charge < -0.3 is 14.0 Å². The third kappa shape index (κ3) is 3.95. The maximum atomic E-state index is 12.6. The molecule has 27 heavy (non-hydrogen) atoms. The van der Waals surface area contributed by atoms with Gasteiger partial charge in [-0.25, -0.2) is 4.79 Å². The Balaban J connectivity index is 2.09. The van der Waals surface area contributed by atoms with Crippen LogP contribution in [0.3, 0.4) is 0 Å². The molecule has 0 aliphatic heterocycles. The molecule has 0 aliphatic rings. The summed E-state index contributed by atoms with van der Waals surface area (Å²) in [6.07, 6.45) is 1.73.